The maximum Gasteiger partial charge on any atom is 0.252 e. The monoisotopic (exact) mass is 290 g/mol. The number of hydrogen-bond acceptors (Lipinski definition) is 2. The second-order valence-corrected chi connectivity index (χ2v) is 9.07. The van der Waals surface area contributed by atoms with Crippen molar-refractivity contribution in [3.05, 3.63) is 59.7 Å². The van der Waals surface area contributed by atoms with Crippen LogP contribution in [0.1, 0.15) is 11.1 Å². The van der Waals surface area contributed by atoms with Gasteiger partial charge in [-0.2, -0.15) is 0 Å². The molecule has 0 unspecified atom stereocenters. The summed E-state index contributed by atoms with van der Waals surface area (Å²) < 4.78 is 0. The fourth-order valence-corrected chi connectivity index (χ4v) is 3.89. The summed E-state index contributed by atoms with van der Waals surface area (Å²) in [7, 11) is -1.84. The SMILES string of the molecule is C#Cc1ccc(N[Si](C)(C)Nc2ccc(C#C)cc2)cc1. The number of terminal acetylenes is 2. The van der Waals surface area contributed by atoms with Crippen molar-refractivity contribution in [1.82, 2.24) is 0 Å². The van der Waals surface area contributed by atoms with E-state index in [1.807, 2.05) is 48.5 Å². The third-order valence-corrected chi connectivity index (χ3v) is 4.84. The van der Waals surface area contributed by atoms with Crippen LogP contribution in [0.2, 0.25) is 13.1 Å². The zero-order valence-electron chi connectivity index (χ0n) is 12.3. The van der Waals surface area contributed by atoms with E-state index in [4.69, 9.17) is 12.8 Å². The van der Waals surface area contributed by atoms with Crippen LogP contribution in [0, 0.1) is 24.7 Å². The third-order valence-electron chi connectivity index (χ3n) is 3.02. The lowest BCUT2D eigenvalue weighted by Gasteiger charge is -2.27. The summed E-state index contributed by atoms with van der Waals surface area (Å²) in [5.41, 5.74) is 3.91. The molecule has 0 spiro atoms. The van der Waals surface area contributed by atoms with Gasteiger partial charge in [0.25, 0.3) is 8.40 Å². The molecule has 0 aliphatic carbocycles. The van der Waals surface area contributed by atoms with Crippen molar-refractivity contribution in [1.29, 1.82) is 0 Å². The number of benzene rings is 2. The summed E-state index contributed by atoms with van der Waals surface area (Å²) in [6, 6.07) is 15.8. The molecule has 2 rings (SSSR count). The zero-order valence-corrected chi connectivity index (χ0v) is 13.3. The zero-order chi connectivity index (χ0) is 15.3. The van der Waals surface area contributed by atoms with Gasteiger partial charge in [0.1, 0.15) is 0 Å². The predicted molar refractivity (Wildman–Crippen MR) is 93.5 cm³/mol. The molecule has 0 aromatic heterocycles. The summed E-state index contributed by atoms with van der Waals surface area (Å²) in [5.74, 6) is 5.24. The summed E-state index contributed by atoms with van der Waals surface area (Å²) in [6.45, 7) is 4.41. The minimum Gasteiger partial charge on any atom is -0.395 e. The van der Waals surface area contributed by atoms with Gasteiger partial charge in [-0.1, -0.05) is 11.8 Å². The second-order valence-electron chi connectivity index (χ2n) is 5.32. The lowest BCUT2D eigenvalue weighted by atomic mass is 10.2. The molecule has 2 aromatic carbocycles. The van der Waals surface area contributed by atoms with Gasteiger partial charge in [0, 0.05) is 22.5 Å². The van der Waals surface area contributed by atoms with Gasteiger partial charge >= 0.3 is 0 Å². The number of hydrogen-bond donors (Lipinski definition) is 2. The third kappa shape index (κ3) is 4.17. The van der Waals surface area contributed by atoms with Gasteiger partial charge in [-0.15, -0.1) is 12.8 Å². The summed E-state index contributed by atoms with van der Waals surface area (Å²) >= 11 is 0. The number of nitrogens with one attached hydrogen (secondary N) is 2. The van der Waals surface area contributed by atoms with Crippen molar-refractivity contribution in [2.24, 2.45) is 0 Å². The molecular weight excluding hydrogens is 272 g/mol. The standard InChI is InChI=1S/C18H18N2Si/c1-5-15-7-11-17(12-8-15)19-21(3,4)20-18-13-9-16(6-2)10-14-18/h1-2,7-14,19-20H,3-4H3. The topological polar surface area (TPSA) is 24.1 Å². The quantitative estimate of drug-likeness (QED) is 0.659. The maximum absolute atomic E-state index is 5.36. The molecule has 0 aliphatic rings. The van der Waals surface area contributed by atoms with Crippen LogP contribution < -0.4 is 9.96 Å². The highest BCUT2D eigenvalue weighted by molar-refractivity contribution is 6.83. The van der Waals surface area contributed by atoms with Gasteiger partial charge in [0.15, 0.2) is 0 Å². The van der Waals surface area contributed by atoms with E-state index in [0.29, 0.717) is 0 Å². The van der Waals surface area contributed by atoms with Crippen molar-refractivity contribution in [3.63, 3.8) is 0 Å². The van der Waals surface area contributed by atoms with Crippen LogP contribution in [0.4, 0.5) is 11.4 Å². The Morgan fingerprint density at radius 2 is 1.05 bits per heavy atom. The van der Waals surface area contributed by atoms with Gasteiger partial charge in [0.2, 0.25) is 0 Å². The molecule has 0 saturated heterocycles. The van der Waals surface area contributed by atoms with Gasteiger partial charge in [-0.3, -0.25) is 0 Å². The number of anilines is 2. The molecule has 0 amide bonds. The van der Waals surface area contributed by atoms with Crippen molar-refractivity contribution >= 4 is 19.8 Å². The van der Waals surface area contributed by atoms with Gasteiger partial charge in [-0.05, 0) is 61.6 Å². The molecule has 2 aromatic rings. The molecule has 0 heterocycles. The molecule has 21 heavy (non-hydrogen) atoms. The van der Waals surface area contributed by atoms with E-state index in [0.717, 1.165) is 22.5 Å². The fourth-order valence-electron chi connectivity index (χ4n) is 2.05. The van der Waals surface area contributed by atoms with Crippen LogP contribution in [0.25, 0.3) is 0 Å². The van der Waals surface area contributed by atoms with Crippen molar-refractivity contribution in [3.8, 4) is 24.7 Å². The summed E-state index contributed by atoms with van der Waals surface area (Å²) in [5, 5.41) is 0. The van der Waals surface area contributed by atoms with Crippen LogP contribution in [0.15, 0.2) is 48.5 Å². The Labute approximate surface area is 127 Å². The molecule has 0 bridgehead atoms. The Morgan fingerprint density at radius 1 is 0.714 bits per heavy atom. The highest BCUT2D eigenvalue weighted by Crippen LogP contribution is 2.17. The van der Waals surface area contributed by atoms with Gasteiger partial charge in [0.05, 0.1) is 0 Å². The number of rotatable bonds is 4. The van der Waals surface area contributed by atoms with Crippen LogP contribution in [-0.2, 0) is 0 Å². The molecule has 2 N–H and O–H groups in total. The van der Waals surface area contributed by atoms with Crippen LogP contribution >= 0.6 is 0 Å². The van der Waals surface area contributed by atoms with Crippen molar-refractivity contribution < 1.29 is 0 Å². The van der Waals surface area contributed by atoms with E-state index in [1.165, 1.54) is 0 Å². The minimum absolute atomic E-state index is 0.887. The molecule has 3 heteroatoms. The van der Waals surface area contributed by atoms with E-state index in [1.54, 1.807) is 0 Å². The second kappa shape index (κ2) is 6.22. The first kappa shape index (κ1) is 14.8. The molecule has 0 aliphatic heterocycles. The van der Waals surface area contributed by atoms with Crippen LogP contribution in [0.5, 0.6) is 0 Å². The molecule has 104 valence electrons. The Kier molecular flexibility index (Phi) is 4.38. The molecule has 0 saturated carbocycles. The van der Waals surface area contributed by atoms with Crippen LogP contribution in [0.3, 0.4) is 0 Å². The fraction of sp³-hybridized carbons (Fsp3) is 0.111. The maximum atomic E-state index is 5.36. The van der Waals surface area contributed by atoms with Crippen LogP contribution in [-0.4, -0.2) is 8.40 Å². The first-order valence-electron chi connectivity index (χ1n) is 6.72. The molecule has 0 fully saturated rings. The summed E-state index contributed by atoms with van der Waals surface area (Å²) in [4.78, 5) is 7.13. The molecular formula is C18H18N2Si. The molecule has 0 atom stereocenters. The first-order chi connectivity index (χ1) is 10.0. The highest BCUT2D eigenvalue weighted by Gasteiger charge is 2.21. The Balaban J connectivity index is 2.06. The predicted octanol–water partition coefficient (Wildman–Crippen LogP) is 3.88. The molecule has 2 nitrogen and oxygen atoms in total. The lowest BCUT2D eigenvalue weighted by Crippen LogP contribution is -2.45. The Bertz CT molecular complexity index is 624. The average Bonchev–Trinajstić information content (AvgIpc) is 2.48. The molecule has 0 radical (unpaired) electrons. The normalized spacial score (nSPS) is 10.3. The van der Waals surface area contributed by atoms with E-state index in [-0.39, 0.29) is 0 Å². The van der Waals surface area contributed by atoms with E-state index in [9.17, 15) is 0 Å². The minimum atomic E-state index is -1.84. The van der Waals surface area contributed by atoms with E-state index >= 15 is 0 Å². The largest absolute Gasteiger partial charge is 0.395 e. The summed E-state index contributed by atoms with van der Waals surface area (Å²) in [6.07, 6.45) is 10.7. The van der Waals surface area contributed by atoms with Gasteiger partial charge in [-0.25, -0.2) is 0 Å². The van der Waals surface area contributed by atoms with Gasteiger partial charge < -0.3 is 9.96 Å². The Morgan fingerprint density at radius 3 is 1.33 bits per heavy atom. The first-order valence-corrected chi connectivity index (χ1v) is 9.72. The smallest absolute Gasteiger partial charge is 0.252 e. The van der Waals surface area contributed by atoms with Crippen molar-refractivity contribution in [2.45, 2.75) is 13.1 Å². The average molecular weight is 290 g/mol. The Hall–Kier alpha value is -2.62. The lowest BCUT2D eigenvalue weighted by molar-refractivity contribution is 1.51. The highest BCUT2D eigenvalue weighted by atomic mass is 28.3. The van der Waals surface area contributed by atoms with E-state index in [2.05, 4.69) is 34.9 Å². The van der Waals surface area contributed by atoms with Crippen molar-refractivity contribution in [2.75, 3.05) is 9.96 Å². The van der Waals surface area contributed by atoms with E-state index < -0.39 is 8.40 Å².